The predicted molar refractivity (Wildman–Crippen MR) is 106 cm³/mol. The normalized spacial score (nSPS) is 11.2. The van der Waals surface area contributed by atoms with Crippen LogP contribution in [0, 0.1) is 6.92 Å². The summed E-state index contributed by atoms with van der Waals surface area (Å²) in [6, 6.07) is 14.9. The van der Waals surface area contributed by atoms with E-state index in [1.807, 2.05) is 49.4 Å². The van der Waals surface area contributed by atoms with Gasteiger partial charge in [-0.25, -0.2) is 4.79 Å². The summed E-state index contributed by atoms with van der Waals surface area (Å²) >= 11 is 0. The first kappa shape index (κ1) is 19.4. The van der Waals surface area contributed by atoms with E-state index in [1.54, 1.807) is 12.3 Å². The standard InChI is InChI=1S/C22H22N2O4/c1-14-8-9-15(12-23-14)13-28-19-17-7-5-4-6-16(17)10-11-18(19)20(25)24-22(2,3)21(26)27/h4-12H,13H2,1-3H3,(H,24,25)(H,26,27). The molecule has 0 bridgehead atoms. The third kappa shape index (κ3) is 4.11. The van der Waals surface area contributed by atoms with Gasteiger partial charge in [-0.15, -0.1) is 0 Å². The van der Waals surface area contributed by atoms with Crippen LogP contribution in [-0.4, -0.2) is 27.5 Å². The average molecular weight is 378 g/mol. The summed E-state index contributed by atoms with van der Waals surface area (Å²) < 4.78 is 6.02. The molecule has 0 aliphatic heterocycles. The van der Waals surface area contributed by atoms with E-state index in [9.17, 15) is 14.7 Å². The van der Waals surface area contributed by atoms with E-state index in [1.165, 1.54) is 13.8 Å². The number of nitrogens with zero attached hydrogens (tertiary/aromatic N) is 1. The quantitative estimate of drug-likeness (QED) is 0.682. The lowest BCUT2D eigenvalue weighted by molar-refractivity contribution is -0.143. The number of carboxylic acid groups (broad SMARTS) is 1. The molecule has 0 aliphatic rings. The van der Waals surface area contributed by atoms with Crippen molar-refractivity contribution in [2.45, 2.75) is 32.9 Å². The van der Waals surface area contributed by atoms with Gasteiger partial charge in [-0.2, -0.15) is 0 Å². The van der Waals surface area contributed by atoms with E-state index in [-0.39, 0.29) is 12.2 Å². The summed E-state index contributed by atoms with van der Waals surface area (Å²) in [4.78, 5) is 28.4. The third-order valence-corrected chi connectivity index (χ3v) is 4.44. The molecule has 6 heteroatoms. The van der Waals surface area contributed by atoms with Gasteiger partial charge in [-0.3, -0.25) is 9.78 Å². The molecule has 1 aromatic heterocycles. The number of hydrogen-bond donors (Lipinski definition) is 2. The van der Waals surface area contributed by atoms with Gasteiger partial charge in [0.05, 0.1) is 5.56 Å². The molecule has 144 valence electrons. The Morgan fingerprint density at radius 3 is 2.54 bits per heavy atom. The molecule has 0 aliphatic carbocycles. The second-order valence-electron chi connectivity index (χ2n) is 7.14. The molecule has 6 nitrogen and oxygen atoms in total. The molecule has 0 unspecified atom stereocenters. The highest BCUT2D eigenvalue weighted by Gasteiger charge is 2.30. The van der Waals surface area contributed by atoms with E-state index in [2.05, 4.69) is 10.3 Å². The molecule has 0 fully saturated rings. The SMILES string of the molecule is Cc1ccc(COc2c(C(=O)NC(C)(C)C(=O)O)ccc3ccccc23)cn1. The molecule has 0 atom stereocenters. The van der Waals surface area contributed by atoms with E-state index in [4.69, 9.17) is 4.74 Å². The summed E-state index contributed by atoms with van der Waals surface area (Å²) in [5, 5.41) is 13.6. The minimum atomic E-state index is -1.40. The maximum absolute atomic E-state index is 12.8. The number of aryl methyl sites for hydroxylation is 1. The number of aliphatic carboxylic acids is 1. The third-order valence-electron chi connectivity index (χ3n) is 4.44. The van der Waals surface area contributed by atoms with Crippen LogP contribution < -0.4 is 10.1 Å². The lowest BCUT2D eigenvalue weighted by atomic mass is 10.0. The van der Waals surface area contributed by atoms with Crippen molar-refractivity contribution in [3.8, 4) is 5.75 Å². The molecule has 0 radical (unpaired) electrons. The smallest absolute Gasteiger partial charge is 0.328 e. The first-order valence-electron chi connectivity index (χ1n) is 8.90. The molecular weight excluding hydrogens is 356 g/mol. The van der Waals surface area contributed by atoms with Crippen molar-refractivity contribution in [2.75, 3.05) is 0 Å². The Labute approximate surface area is 163 Å². The molecule has 2 N–H and O–H groups in total. The molecular formula is C22H22N2O4. The zero-order chi connectivity index (χ0) is 20.3. The number of carbonyl (C=O) groups excluding carboxylic acids is 1. The highest BCUT2D eigenvalue weighted by molar-refractivity contribution is 6.05. The minimum absolute atomic E-state index is 0.240. The number of aromatic nitrogens is 1. The van der Waals surface area contributed by atoms with Gasteiger partial charge >= 0.3 is 5.97 Å². The zero-order valence-corrected chi connectivity index (χ0v) is 16.0. The van der Waals surface area contributed by atoms with Crippen LogP contribution in [0.1, 0.15) is 35.5 Å². The minimum Gasteiger partial charge on any atom is -0.487 e. The molecule has 0 spiro atoms. The van der Waals surface area contributed by atoms with Crippen molar-refractivity contribution < 1.29 is 19.4 Å². The number of nitrogens with one attached hydrogen (secondary N) is 1. The highest BCUT2D eigenvalue weighted by Crippen LogP contribution is 2.31. The van der Waals surface area contributed by atoms with Gasteiger partial charge in [0.15, 0.2) is 0 Å². The van der Waals surface area contributed by atoms with Crippen LogP contribution in [0.5, 0.6) is 5.75 Å². The van der Waals surface area contributed by atoms with Crippen LogP contribution in [-0.2, 0) is 11.4 Å². The van der Waals surface area contributed by atoms with Crippen molar-refractivity contribution in [1.29, 1.82) is 0 Å². The Balaban J connectivity index is 1.97. The van der Waals surface area contributed by atoms with Crippen LogP contribution in [0.2, 0.25) is 0 Å². The fourth-order valence-corrected chi connectivity index (χ4v) is 2.72. The van der Waals surface area contributed by atoms with Gasteiger partial charge in [-0.1, -0.05) is 36.4 Å². The first-order valence-corrected chi connectivity index (χ1v) is 8.90. The molecule has 28 heavy (non-hydrogen) atoms. The van der Waals surface area contributed by atoms with Crippen molar-refractivity contribution >= 4 is 22.6 Å². The Morgan fingerprint density at radius 1 is 1.11 bits per heavy atom. The van der Waals surface area contributed by atoms with Crippen LogP contribution >= 0.6 is 0 Å². The number of carbonyl (C=O) groups is 2. The second-order valence-corrected chi connectivity index (χ2v) is 7.14. The van der Waals surface area contributed by atoms with Crippen molar-refractivity contribution in [3.05, 3.63) is 71.5 Å². The van der Waals surface area contributed by atoms with Gasteiger partial charge in [0.25, 0.3) is 5.91 Å². The van der Waals surface area contributed by atoms with Crippen LogP contribution in [0.25, 0.3) is 10.8 Å². The molecule has 0 saturated heterocycles. The van der Waals surface area contributed by atoms with Crippen LogP contribution in [0.3, 0.4) is 0 Å². The van der Waals surface area contributed by atoms with E-state index < -0.39 is 17.4 Å². The Bertz CT molecular complexity index is 1030. The summed E-state index contributed by atoms with van der Waals surface area (Å²) in [5.74, 6) is -1.21. The molecule has 0 saturated carbocycles. The number of benzene rings is 2. The zero-order valence-electron chi connectivity index (χ0n) is 16.0. The van der Waals surface area contributed by atoms with Crippen LogP contribution in [0.4, 0.5) is 0 Å². The number of rotatable bonds is 6. The van der Waals surface area contributed by atoms with E-state index in [0.717, 1.165) is 22.0 Å². The lowest BCUT2D eigenvalue weighted by Gasteiger charge is -2.22. The summed E-state index contributed by atoms with van der Waals surface area (Å²) in [6.45, 7) is 5.02. The van der Waals surface area contributed by atoms with Gasteiger partial charge in [0.1, 0.15) is 17.9 Å². The number of amides is 1. The van der Waals surface area contributed by atoms with Crippen molar-refractivity contribution in [3.63, 3.8) is 0 Å². The Morgan fingerprint density at radius 2 is 1.86 bits per heavy atom. The topological polar surface area (TPSA) is 88.5 Å². The van der Waals surface area contributed by atoms with Gasteiger partial charge in [0.2, 0.25) is 0 Å². The number of fused-ring (bicyclic) bond motifs is 1. The molecule has 3 aromatic rings. The Kier molecular flexibility index (Phi) is 5.31. The maximum Gasteiger partial charge on any atom is 0.328 e. The molecule has 2 aromatic carbocycles. The van der Waals surface area contributed by atoms with Crippen molar-refractivity contribution in [1.82, 2.24) is 10.3 Å². The first-order chi connectivity index (χ1) is 13.3. The van der Waals surface area contributed by atoms with E-state index >= 15 is 0 Å². The maximum atomic E-state index is 12.8. The molecule has 1 heterocycles. The van der Waals surface area contributed by atoms with Gasteiger partial charge in [0, 0.05) is 22.8 Å². The number of carboxylic acids is 1. The number of ether oxygens (including phenoxy) is 1. The number of hydrogen-bond acceptors (Lipinski definition) is 4. The van der Waals surface area contributed by atoms with Crippen LogP contribution in [0.15, 0.2) is 54.7 Å². The van der Waals surface area contributed by atoms with Gasteiger partial charge < -0.3 is 15.2 Å². The summed E-state index contributed by atoms with van der Waals surface area (Å²) in [6.07, 6.45) is 1.73. The fourth-order valence-electron chi connectivity index (χ4n) is 2.72. The predicted octanol–water partition coefficient (Wildman–Crippen LogP) is 3.72. The fraction of sp³-hybridized carbons (Fsp3) is 0.227. The largest absolute Gasteiger partial charge is 0.487 e. The lowest BCUT2D eigenvalue weighted by Crippen LogP contribution is -2.49. The van der Waals surface area contributed by atoms with Crippen molar-refractivity contribution in [2.24, 2.45) is 0 Å². The number of pyridine rings is 1. The molecule has 1 amide bonds. The van der Waals surface area contributed by atoms with Gasteiger partial charge in [-0.05, 0) is 38.3 Å². The highest BCUT2D eigenvalue weighted by atomic mass is 16.5. The van der Waals surface area contributed by atoms with E-state index in [0.29, 0.717) is 5.75 Å². The summed E-state index contributed by atoms with van der Waals surface area (Å²) in [7, 11) is 0. The monoisotopic (exact) mass is 378 g/mol. The Hall–Kier alpha value is -3.41. The second kappa shape index (κ2) is 7.68. The average Bonchev–Trinajstić information content (AvgIpc) is 2.66. The summed E-state index contributed by atoms with van der Waals surface area (Å²) in [5.41, 5.74) is 0.662. The molecule has 3 rings (SSSR count).